The van der Waals surface area contributed by atoms with Gasteiger partial charge in [0.15, 0.2) is 0 Å². The van der Waals surface area contributed by atoms with Gasteiger partial charge in [0.1, 0.15) is 11.5 Å². The lowest BCUT2D eigenvalue weighted by Gasteiger charge is -2.32. The molecule has 4 rings (SSSR count). The Balaban J connectivity index is 1.58. The Morgan fingerprint density at radius 2 is 2.11 bits per heavy atom. The average Bonchev–Trinajstić information content (AvgIpc) is 3.24. The third kappa shape index (κ3) is 3.73. The molecule has 1 aliphatic rings. The number of aryl methyl sites for hydroxylation is 2. The fourth-order valence-electron chi connectivity index (χ4n) is 3.48. The molecule has 0 radical (unpaired) electrons. The van der Waals surface area contributed by atoms with Gasteiger partial charge < -0.3 is 4.90 Å². The third-order valence-electron chi connectivity index (χ3n) is 4.90. The SMILES string of the molecule is Cc1cc(-c2cccs2)nc(C2CCCN(C(=O)c3ccc(=O)n(C)n3)C2)n1. The van der Waals surface area contributed by atoms with Crippen LogP contribution in [0.3, 0.4) is 0 Å². The van der Waals surface area contributed by atoms with E-state index in [-0.39, 0.29) is 23.1 Å². The second-order valence-corrected chi connectivity index (χ2v) is 7.95. The molecule has 1 atom stereocenters. The molecular weight excluding hydrogens is 374 g/mol. The highest BCUT2D eigenvalue weighted by molar-refractivity contribution is 7.13. The van der Waals surface area contributed by atoms with Crippen molar-refractivity contribution in [1.82, 2.24) is 24.6 Å². The summed E-state index contributed by atoms with van der Waals surface area (Å²) < 4.78 is 1.19. The monoisotopic (exact) mass is 395 g/mol. The lowest BCUT2D eigenvalue weighted by Crippen LogP contribution is -2.40. The maximum atomic E-state index is 12.9. The van der Waals surface area contributed by atoms with Gasteiger partial charge in [-0.25, -0.2) is 14.6 Å². The van der Waals surface area contributed by atoms with Crippen LogP contribution in [-0.2, 0) is 7.05 Å². The number of hydrogen-bond acceptors (Lipinski definition) is 6. The molecule has 0 saturated carbocycles. The number of thiophene rings is 1. The number of nitrogens with zero attached hydrogens (tertiary/aromatic N) is 5. The van der Waals surface area contributed by atoms with Gasteiger partial charge >= 0.3 is 0 Å². The van der Waals surface area contributed by atoms with Gasteiger partial charge in [0.2, 0.25) is 0 Å². The molecule has 0 bridgehead atoms. The first kappa shape index (κ1) is 18.5. The zero-order valence-corrected chi connectivity index (χ0v) is 16.6. The second kappa shape index (κ2) is 7.63. The van der Waals surface area contributed by atoms with Gasteiger partial charge in [-0.3, -0.25) is 9.59 Å². The Hall–Kier alpha value is -2.87. The van der Waals surface area contributed by atoms with Gasteiger partial charge in [-0.15, -0.1) is 11.3 Å². The van der Waals surface area contributed by atoms with Gasteiger partial charge in [-0.2, -0.15) is 5.10 Å². The van der Waals surface area contributed by atoms with Crippen LogP contribution in [0.15, 0.2) is 40.5 Å². The minimum absolute atomic E-state index is 0.0869. The number of piperidine rings is 1. The Bertz CT molecular complexity index is 1060. The van der Waals surface area contributed by atoms with Crippen LogP contribution in [0.1, 0.15) is 40.8 Å². The van der Waals surface area contributed by atoms with Crippen LogP contribution in [0.4, 0.5) is 0 Å². The normalized spacial score (nSPS) is 16.9. The fraction of sp³-hybridized carbons (Fsp3) is 0.350. The summed E-state index contributed by atoms with van der Waals surface area (Å²) in [6.07, 6.45) is 1.83. The number of likely N-dealkylation sites (tertiary alicyclic amines) is 1. The van der Waals surface area contributed by atoms with E-state index >= 15 is 0 Å². The Kier molecular flexibility index (Phi) is 5.04. The Morgan fingerprint density at radius 3 is 2.86 bits per heavy atom. The van der Waals surface area contributed by atoms with Crippen molar-refractivity contribution in [3.8, 4) is 10.6 Å². The average molecular weight is 395 g/mol. The zero-order chi connectivity index (χ0) is 19.7. The molecule has 3 aromatic heterocycles. The highest BCUT2D eigenvalue weighted by Gasteiger charge is 2.28. The van der Waals surface area contributed by atoms with Gasteiger partial charge in [-0.05, 0) is 43.3 Å². The summed E-state index contributed by atoms with van der Waals surface area (Å²) >= 11 is 1.65. The van der Waals surface area contributed by atoms with E-state index in [0.717, 1.165) is 34.9 Å². The van der Waals surface area contributed by atoms with E-state index in [1.54, 1.807) is 23.3 Å². The summed E-state index contributed by atoms with van der Waals surface area (Å²) in [6, 6.07) is 8.93. The van der Waals surface area contributed by atoms with E-state index in [9.17, 15) is 9.59 Å². The molecule has 0 N–H and O–H groups in total. The molecule has 1 unspecified atom stereocenters. The standard InChI is InChI=1S/C20H21N5O2S/c1-13-11-16(17-6-4-10-28-17)22-19(21-13)14-5-3-9-25(12-14)20(27)15-7-8-18(26)24(2)23-15/h4,6-8,10-11,14H,3,5,9,12H2,1-2H3. The summed E-state index contributed by atoms with van der Waals surface area (Å²) in [5, 5.41) is 6.13. The van der Waals surface area contributed by atoms with Crippen molar-refractivity contribution in [3.63, 3.8) is 0 Å². The number of rotatable bonds is 3. The van der Waals surface area contributed by atoms with Crippen molar-refractivity contribution in [1.29, 1.82) is 0 Å². The van der Waals surface area contributed by atoms with Gasteiger partial charge in [0.05, 0.1) is 10.6 Å². The lowest BCUT2D eigenvalue weighted by molar-refractivity contribution is 0.0696. The first-order valence-electron chi connectivity index (χ1n) is 9.24. The van der Waals surface area contributed by atoms with Crippen LogP contribution in [0.5, 0.6) is 0 Å². The number of carbonyl (C=O) groups is 1. The number of amides is 1. The highest BCUT2D eigenvalue weighted by atomic mass is 32.1. The van der Waals surface area contributed by atoms with Crippen LogP contribution >= 0.6 is 11.3 Å². The summed E-state index contributed by atoms with van der Waals surface area (Å²) in [5.41, 5.74) is 1.91. The molecule has 1 amide bonds. The predicted molar refractivity (Wildman–Crippen MR) is 107 cm³/mol. The molecule has 1 fully saturated rings. The molecule has 0 spiro atoms. The van der Waals surface area contributed by atoms with E-state index in [1.165, 1.54) is 16.8 Å². The van der Waals surface area contributed by atoms with Crippen molar-refractivity contribution in [2.45, 2.75) is 25.7 Å². The van der Waals surface area contributed by atoms with E-state index in [1.807, 2.05) is 24.4 Å². The van der Waals surface area contributed by atoms with Gasteiger partial charge in [-0.1, -0.05) is 6.07 Å². The number of hydrogen-bond donors (Lipinski definition) is 0. The highest BCUT2D eigenvalue weighted by Crippen LogP contribution is 2.29. The fourth-order valence-corrected chi connectivity index (χ4v) is 4.16. The van der Waals surface area contributed by atoms with E-state index in [0.29, 0.717) is 13.1 Å². The maximum absolute atomic E-state index is 12.9. The van der Waals surface area contributed by atoms with Crippen molar-refractivity contribution >= 4 is 17.2 Å². The molecule has 8 heteroatoms. The summed E-state index contributed by atoms with van der Waals surface area (Å²) in [4.78, 5) is 36.7. The molecular formula is C20H21N5O2S. The minimum atomic E-state index is -0.234. The predicted octanol–water partition coefficient (Wildman–Crippen LogP) is 2.63. The molecule has 1 aliphatic heterocycles. The minimum Gasteiger partial charge on any atom is -0.337 e. The largest absolute Gasteiger partial charge is 0.337 e. The summed E-state index contributed by atoms with van der Waals surface area (Å²) in [5.74, 6) is 0.713. The number of aromatic nitrogens is 4. The quantitative estimate of drug-likeness (QED) is 0.681. The molecule has 0 aromatic carbocycles. The smallest absolute Gasteiger partial charge is 0.274 e. The van der Waals surface area contributed by atoms with Crippen LogP contribution in [0, 0.1) is 6.92 Å². The van der Waals surface area contributed by atoms with Crippen LogP contribution < -0.4 is 5.56 Å². The van der Waals surface area contributed by atoms with Crippen LogP contribution in [-0.4, -0.2) is 43.6 Å². The maximum Gasteiger partial charge on any atom is 0.274 e. The molecule has 7 nitrogen and oxygen atoms in total. The van der Waals surface area contributed by atoms with Crippen molar-refractivity contribution < 1.29 is 4.79 Å². The van der Waals surface area contributed by atoms with Crippen LogP contribution in [0.2, 0.25) is 0 Å². The van der Waals surface area contributed by atoms with Gasteiger partial charge in [0, 0.05) is 37.8 Å². The second-order valence-electron chi connectivity index (χ2n) is 7.00. The third-order valence-corrected chi connectivity index (χ3v) is 5.79. The molecule has 1 saturated heterocycles. The molecule has 144 valence electrons. The van der Waals surface area contributed by atoms with E-state index < -0.39 is 0 Å². The molecule has 4 heterocycles. The topological polar surface area (TPSA) is 81.0 Å². The first-order chi connectivity index (χ1) is 13.5. The summed E-state index contributed by atoms with van der Waals surface area (Å²) in [7, 11) is 1.55. The van der Waals surface area contributed by atoms with Crippen molar-refractivity contribution in [2.24, 2.45) is 7.05 Å². The first-order valence-corrected chi connectivity index (χ1v) is 10.1. The lowest BCUT2D eigenvalue weighted by atomic mass is 9.96. The molecule has 28 heavy (non-hydrogen) atoms. The Labute approximate surface area is 166 Å². The molecule has 0 aliphatic carbocycles. The van der Waals surface area contributed by atoms with Crippen molar-refractivity contribution in [2.75, 3.05) is 13.1 Å². The molecule has 3 aromatic rings. The Morgan fingerprint density at radius 1 is 1.25 bits per heavy atom. The van der Waals surface area contributed by atoms with Gasteiger partial charge in [0.25, 0.3) is 11.5 Å². The number of carbonyl (C=O) groups excluding carboxylic acids is 1. The van der Waals surface area contributed by atoms with Crippen molar-refractivity contribution in [3.05, 3.63) is 63.3 Å². The summed E-state index contributed by atoms with van der Waals surface area (Å²) in [6.45, 7) is 3.20. The van der Waals surface area contributed by atoms with E-state index in [4.69, 9.17) is 4.98 Å². The van der Waals surface area contributed by atoms with Crippen LogP contribution in [0.25, 0.3) is 10.6 Å². The van der Waals surface area contributed by atoms with E-state index in [2.05, 4.69) is 16.1 Å². The zero-order valence-electron chi connectivity index (χ0n) is 15.8.